The van der Waals surface area contributed by atoms with E-state index in [4.69, 9.17) is 5.11 Å². The molecule has 1 saturated carbocycles. The van der Waals surface area contributed by atoms with Crippen LogP contribution in [0.5, 0.6) is 0 Å². The van der Waals surface area contributed by atoms with Gasteiger partial charge in [-0.05, 0) is 32.1 Å². The molecule has 16 heavy (non-hydrogen) atoms. The van der Waals surface area contributed by atoms with Crippen molar-refractivity contribution >= 4 is 16.0 Å². The van der Waals surface area contributed by atoms with Crippen molar-refractivity contribution in [3.63, 3.8) is 0 Å². The quantitative estimate of drug-likeness (QED) is 0.800. The highest BCUT2D eigenvalue weighted by molar-refractivity contribution is 7.89. The van der Waals surface area contributed by atoms with Crippen LogP contribution in [0.15, 0.2) is 0 Å². The zero-order valence-corrected chi connectivity index (χ0v) is 10.0. The first-order valence-corrected chi connectivity index (χ1v) is 7.30. The molecule has 6 heteroatoms. The van der Waals surface area contributed by atoms with Gasteiger partial charge < -0.3 is 5.11 Å². The second-order valence-electron chi connectivity index (χ2n) is 4.74. The van der Waals surface area contributed by atoms with Crippen LogP contribution in [0.2, 0.25) is 0 Å². The van der Waals surface area contributed by atoms with Crippen LogP contribution >= 0.6 is 0 Å². The molecule has 5 nitrogen and oxygen atoms in total. The molecule has 2 rings (SSSR count). The Morgan fingerprint density at radius 2 is 1.94 bits per heavy atom. The van der Waals surface area contributed by atoms with Crippen LogP contribution in [0, 0.1) is 0 Å². The van der Waals surface area contributed by atoms with Crippen molar-refractivity contribution in [1.82, 2.24) is 4.31 Å². The molecule has 0 aromatic rings. The number of nitrogens with zero attached hydrogens (tertiary/aromatic N) is 1. The minimum Gasteiger partial charge on any atom is -0.481 e. The van der Waals surface area contributed by atoms with Gasteiger partial charge in [0.15, 0.2) is 0 Å². The Hall–Kier alpha value is -0.620. The van der Waals surface area contributed by atoms with Gasteiger partial charge in [-0.3, -0.25) is 4.79 Å². The molecule has 0 aromatic heterocycles. The van der Waals surface area contributed by atoms with E-state index in [0.29, 0.717) is 25.8 Å². The molecule has 0 amide bonds. The van der Waals surface area contributed by atoms with E-state index in [-0.39, 0.29) is 12.2 Å². The highest BCUT2D eigenvalue weighted by Gasteiger charge is 2.49. The molecule has 0 radical (unpaired) electrons. The van der Waals surface area contributed by atoms with Crippen LogP contribution in [0.4, 0.5) is 0 Å². The first-order valence-electron chi connectivity index (χ1n) is 5.69. The van der Waals surface area contributed by atoms with Gasteiger partial charge in [-0.25, -0.2) is 8.42 Å². The van der Waals surface area contributed by atoms with Gasteiger partial charge in [0.1, 0.15) is 0 Å². The fraction of sp³-hybridized carbons (Fsp3) is 0.900. The number of sulfonamides is 1. The van der Waals surface area contributed by atoms with E-state index in [1.165, 1.54) is 4.31 Å². The Kier molecular flexibility index (Phi) is 2.96. The summed E-state index contributed by atoms with van der Waals surface area (Å²) in [4.78, 5) is 10.8. The number of hydrogen-bond acceptors (Lipinski definition) is 3. The third kappa shape index (κ3) is 1.96. The van der Waals surface area contributed by atoms with Crippen LogP contribution in [0.1, 0.15) is 38.5 Å². The molecule has 0 atom stereocenters. The van der Waals surface area contributed by atoms with E-state index < -0.39 is 21.5 Å². The van der Waals surface area contributed by atoms with Gasteiger partial charge in [0.05, 0.1) is 12.2 Å². The molecule has 1 aliphatic heterocycles. The predicted molar refractivity (Wildman–Crippen MR) is 58.6 cm³/mol. The summed E-state index contributed by atoms with van der Waals surface area (Å²) in [6.45, 7) is 0.496. The fourth-order valence-corrected chi connectivity index (χ4v) is 4.74. The lowest BCUT2D eigenvalue weighted by molar-refractivity contribution is -0.141. The molecule has 1 heterocycles. The summed E-state index contributed by atoms with van der Waals surface area (Å²) in [5.74, 6) is -0.727. The van der Waals surface area contributed by atoms with Crippen molar-refractivity contribution in [3.8, 4) is 0 Å². The average molecular weight is 247 g/mol. The van der Waals surface area contributed by atoms with E-state index in [1.54, 1.807) is 0 Å². The molecule has 1 saturated heterocycles. The fourth-order valence-electron chi connectivity index (χ4n) is 2.70. The van der Waals surface area contributed by atoms with Crippen molar-refractivity contribution in [3.05, 3.63) is 0 Å². The van der Waals surface area contributed by atoms with E-state index in [1.807, 2.05) is 0 Å². The van der Waals surface area contributed by atoms with Gasteiger partial charge in [-0.1, -0.05) is 0 Å². The van der Waals surface area contributed by atoms with Crippen molar-refractivity contribution < 1.29 is 18.3 Å². The third-order valence-electron chi connectivity index (χ3n) is 3.64. The van der Waals surface area contributed by atoms with Gasteiger partial charge >= 0.3 is 5.97 Å². The van der Waals surface area contributed by atoms with E-state index in [9.17, 15) is 13.2 Å². The highest BCUT2D eigenvalue weighted by Crippen LogP contribution is 2.43. The Morgan fingerprint density at radius 1 is 1.25 bits per heavy atom. The van der Waals surface area contributed by atoms with Gasteiger partial charge in [0.25, 0.3) is 0 Å². The van der Waals surface area contributed by atoms with Crippen LogP contribution in [0.3, 0.4) is 0 Å². The molecule has 2 aliphatic rings. The van der Waals surface area contributed by atoms with Gasteiger partial charge in [0.2, 0.25) is 10.0 Å². The predicted octanol–water partition coefficient (Wildman–Crippen LogP) is 0.809. The van der Waals surface area contributed by atoms with Crippen molar-refractivity contribution in [2.24, 2.45) is 0 Å². The standard InChI is InChI=1S/C10H17NO4S/c12-9(13)8-10(4-3-5-10)11-6-1-2-7-16(11,14)15/h1-8H2,(H,12,13). The van der Waals surface area contributed by atoms with Crippen molar-refractivity contribution in [2.75, 3.05) is 12.3 Å². The smallest absolute Gasteiger partial charge is 0.305 e. The number of aliphatic carboxylic acids is 1. The molecule has 0 unspecified atom stereocenters. The Bertz CT molecular complexity index is 386. The molecule has 0 aromatic carbocycles. The minimum atomic E-state index is -3.22. The lowest BCUT2D eigenvalue weighted by Crippen LogP contribution is -2.59. The Balaban J connectivity index is 2.23. The minimum absolute atomic E-state index is 0.0494. The van der Waals surface area contributed by atoms with E-state index in [2.05, 4.69) is 0 Å². The number of carbonyl (C=O) groups is 1. The Labute approximate surface area is 95.5 Å². The summed E-state index contributed by atoms with van der Waals surface area (Å²) in [7, 11) is -3.22. The van der Waals surface area contributed by atoms with Crippen LogP contribution in [-0.2, 0) is 14.8 Å². The van der Waals surface area contributed by atoms with Crippen LogP contribution in [-0.4, -0.2) is 41.6 Å². The summed E-state index contributed by atoms with van der Waals surface area (Å²) in [5.41, 5.74) is -0.606. The number of rotatable bonds is 3. The summed E-state index contributed by atoms with van der Waals surface area (Å²) < 4.78 is 25.3. The number of carboxylic acids is 1. The zero-order chi connectivity index (χ0) is 11.8. The molecule has 1 N–H and O–H groups in total. The second kappa shape index (κ2) is 4.00. The molecular weight excluding hydrogens is 230 g/mol. The van der Waals surface area contributed by atoms with E-state index >= 15 is 0 Å². The van der Waals surface area contributed by atoms with Crippen molar-refractivity contribution in [1.29, 1.82) is 0 Å². The monoisotopic (exact) mass is 247 g/mol. The van der Waals surface area contributed by atoms with Crippen LogP contribution < -0.4 is 0 Å². The molecular formula is C10H17NO4S. The largest absolute Gasteiger partial charge is 0.481 e. The SMILES string of the molecule is O=C(O)CC1(N2CCCCS2(=O)=O)CCC1. The molecule has 1 aliphatic carbocycles. The molecule has 92 valence electrons. The average Bonchev–Trinajstić information content (AvgIpc) is 2.11. The third-order valence-corrected chi connectivity index (χ3v) is 5.69. The number of hydrogen-bond donors (Lipinski definition) is 1. The normalized spacial score (nSPS) is 28.2. The summed E-state index contributed by atoms with van der Waals surface area (Å²) in [6, 6.07) is 0. The maximum absolute atomic E-state index is 11.9. The van der Waals surface area contributed by atoms with Gasteiger partial charge in [-0.15, -0.1) is 0 Å². The topological polar surface area (TPSA) is 74.7 Å². The van der Waals surface area contributed by atoms with Gasteiger partial charge in [-0.2, -0.15) is 4.31 Å². The van der Waals surface area contributed by atoms with Gasteiger partial charge in [0, 0.05) is 12.1 Å². The maximum Gasteiger partial charge on any atom is 0.305 e. The lowest BCUT2D eigenvalue weighted by atomic mass is 9.74. The highest BCUT2D eigenvalue weighted by atomic mass is 32.2. The summed E-state index contributed by atoms with van der Waals surface area (Å²) >= 11 is 0. The first kappa shape index (κ1) is 11.9. The van der Waals surface area contributed by atoms with E-state index in [0.717, 1.165) is 12.8 Å². The summed E-state index contributed by atoms with van der Waals surface area (Å²) in [5, 5.41) is 8.89. The van der Waals surface area contributed by atoms with Crippen LogP contribution in [0.25, 0.3) is 0 Å². The number of carboxylic acid groups (broad SMARTS) is 1. The molecule has 0 spiro atoms. The lowest BCUT2D eigenvalue weighted by Gasteiger charge is -2.49. The second-order valence-corrected chi connectivity index (χ2v) is 6.76. The maximum atomic E-state index is 11.9. The zero-order valence-electron chi connectivity index (χ0n) is 9.18. The van der Waals surface area contributed by atoms with Crippen molar-refractivity contribution in [2.45, 2.75) is 44.1 Å². The Morgan fingerprint density at radius 3 is 2.38 bits per heavy atom. The molecule has 2 fully saturated rings. The summed E-state index contributed by atoms with van der Waals surface area (Å²) in [6.07, 6.45) is 3.81. The molecule has 0 bridgehead atoms. The first-order chi connectivity index (χ1) is 7.46.